The Morgan fingerprint density at radius 3 is 2.75 bits per heavy atom. The van der Waals surface area contributed by atoms with Crippen molar-refractivity contribution in [2.45, 2.75) is 50.2 Å². The molecular weight excluding hydrogens is 407 g/mol. The minimum Gasteiger partial charge on any atom is -0.352 e. The highest BCUT2D eigenvalue weighted by Gasteiger charge is 2.43. The Bertz CT molecular complexity index is 1130. The van der Waals surface area contributed by atoms with Crippen LogP contribution in [0.3, 0.4) is 0 Å². The first-order valence-corrected chi connectivity index (χ1v) is 11.2. The van der Waals surface area contributed by atoms with Crippen molar-refractivity contribution in [1.29, 1.82) is 5.26 Å². The Kier molecular flexibility index (Phi) is 5.40. The van der Waals surface area contributed by atoms with Gasteiger partial charge in [-0.1, -0.05) is 24.3 Å². The Labute approximate surface area is 186 Å². The molecule has 2 fully saturated rings. The summed E-state index contributed by atoms with van der Waals surface area (Å²) in [7, 11) is 0. The van der Waals surface area contributed by atoms with Crippen molar-refractivity contribution in [1.82, 2.24) is 16.0 Å². The second-order valence-electron chi connectivity index (χ2n) is 8.99. The number of nitriles is 1. The number of rotatable bonds is 5. The molecule has 2 aromatic carbocycles. The fraction of sp³-hybridized carbons (Fsp3) is 0.400. The molecule has 2 bridgehead atoms. The number of amides is 2. The van der Waals surface area contributed by atoms with Gasteiger partial charge in [0.05, 0.1) is 12.1 Å². The van der Waals surface area contributed by atoms with E-state index in [2.05, 4.69) is 22.0 Å². The summed E-state index contributed by atoms with van der Waals surface area (Å²) in [4.78, 5) is 24.5. The van der Waals surface area contributed by atoms with Gasteiger partial charge in [-0.3, -0.25) is 9.59 Å². The summed E-state index contributed by atoms with van der Waals surface area (Å²) in [6.07, 6.45) is 4.01. The van der Waals surface area contributed by atoms with Crippen LogP contribution in [0.25, 0.3) is 11.1 Å². The SMILES string of the molecule is N#CC(Cc1ccc(-c2ccc3c(c2)CCNC3=O)cc1F)NC(=O)[C@H]1N[C@@H]2CC[C@H]1C2. The van der Waals surface area contributed by atoms with E-state index in [1.165, 1.54) is 6.07 Å². The molecule has 6 nitrogen and oxygen atoms in total. The molecule has 2 aromatic rings. The normalized spacial score (nSPS) is 24.4. The lowest BCUT2D eigenvalue weighted by atomic mass is 9.94. The average molecular weight is 432 g/mol. The maximum atomic E-state index is 14.9. The minimum atomic E-state index is -0.786. The van der Waals surface area contributed by atoms with Gasteiger partial charge in [-0.2, -0.15) is 5.26 Å². The number of nitrogens with zero attached hydrogens (tertiary/aromatic N) is 1. The number of halogens is 1. The molecule has 5 rings (SSSR count). The summed E-state index contributed by atoms with van der Waals surface area (Å²) in [6.45, 7) is 0.599. The van der Waals surface area contributed by atoms with Crippen molar-refractivity contribution in [2.75, 3.05) is 6.54 Å². The van der Waals surface area contributed by atoms with Crippen molar-refractivity contribution >= 4 is 11.8 Å². The number of hydrogen-bond donors (Lipinski definition) is 3. The molecule has 1 saturated heterocycles. The quantitative estimate of drug-likeness (QED) is 0.677. The molecule has 0 aromatic heterocycles. The first-order valence-electron chi connectivity index (χ1n) is 11.2. The summed E-state index contributed by atoms with van der Waals surface area (Å²) in [5.41, 5.74) is 3.56. The molecule has 1 unspecified atom stereocenters. The second kappa shape index (κ2) is 8.36. The van der Waals surface area contributed by atoms with Gasteiger partial charge < -0.3 is 16.0 Å². The number of fused-ring (bicyclic) bond motifs is 3. The van der Waals surface area contributed by atoms with E-state index in [1.54, 1.807) is 12.1 Å². The molecule has 7 heteroatoms. The number of nitrogens with one attached hydrogen (secondary N) is 3. The van der Waals surface area contributed by atoms with Crippen LogP contribution in [0.4, 0.5) is 4.39 Å². The van der Waals surface area contributed by atoms with E-state index in [1.807, 2.05) is 18.2 Å². The van der Waals surface area contributed by atoms with Crippen molar-refractivity contribution < 1.29 is 14.0 Å². The molecule has 1 aliphatic carbocycles. The van der Waals surface area contributed by atoms with Crippen LogP contribution in [0, 0.1) is 23.1 Å². The van der Waals surface area contributed by atoms with E-state index in [-0.39, 0.29) is 24.3 Å². The van der Waals surface area contributed by atoms with Crippen molar-refractivity contribution in [3.63, 3.8) is 0 Å². The van der Waals surface area contributed by atoms with Gasteiger partial charge in [0.1, 0.15) is 11.9 Å². The Balaban J connectivity index is 1.28. The fourth-order valence-corrected chi connectivity index (χ4v) is 5.26. The lowest BCUT2D eigenvalue weighted by Crippen LogP contribution is -2.50. The number of benzene rings is 2. The van der Waals surface area contributed by atoms with Crippen LogP contribution in [0.15, 0.2) is 36.4 Å². The predicted octanol–water partition coefficient (Wildman–Crippen LogP) is 2.47. The first-order chi connectivity index (χ1) is 15.5. The van der Waals surface area contributed by atoms with E-state index >= 15 is 0 Å². The van der Waals surface area contributed by atoms with Gasteiger partial charge >= 0.3 is 0 Å². The third-order valence-corrected chi connectivity index (χ3v) is 6.95. The highest BCUT2D eigenvalue weighted by atomic mass is 19.1. The second-order valence-corrected chi connectivity index (χ2v) is 8.99. The van der Waals surface area contributed by atoms with Crippen LogP contribution in [-0.2, 0) is 17.6 Å². The third-order valence-electron chi connectivity index (χ3n) is 6.95. The van der Waals surface area contributed by atoms with Gasteiger partial charge in [-0.05, 0) is 66.0 Å². The summed E-state index contributed by atoms with van der Waals surface area (Å²) >= 11 is 0. The standard InChI is InChI=1S/C25H25FN4O2/c26-22-12-15(14-4-6-21-16(9-14)7-8-28-24(21)31)1-2-17(22)10-20(13-27)30-25(32)23-18-3-5-19(11-18)29-23/h1-2,4,6,9,12,18-20,23,29H,3,5,7-8,10-11H2,(H,28,31)(H,30,32)/t18-,19+,20?,23-/m0/s1. The van der Waals surface area contributed by atoms with E-state index < -0.39 is 11.9 Å². The molecule has 0 spiro atoms. The molecule has 2 aliphatic heterocycles. The molecule has 3 aliphatic rings. The van der Waals surface area contributed by atoms with Crippen molar-refractivity contribution in [2.24, 2.45) is 5.92 Å². The molecule has 164 valence electrons. The third kappa shape index (κ3) is 3.87. The van der Waals surface area contributed by atoms with E-state index in [0.717, 1.165) is 36.8 Å². The number of carbonyl (C=O) groups excluding carboxylic acids is 2. The van der Waals surface area contributed by atoms with Crippen LogP contribution in [-0.4, -0.2) is 36.5 Å². The highest BCUT2D eigenvalue weighted by Crippen LogP contribution is 2.35. The van der Waals surface area contributed by atoms with Crippen LogP contribution in [0.2, 0.25) is 0 Å². The first kappa shape index (κ1) is 20.7. The van der Waals surface area contributed by atoms with E-state index in [9.17, 15) is 19.2 Å². The van der Waals surface area contributed by atoms with Crippen LogP contribution in [0.5, 0.6) is 0 Å². The Morgan fingerprint density at radius 1 is 1.22 bits per heavy atom. The summed E-state index contributed by atoms with van der Waals surface area (Å²) < 4.78 is 14.9. The van der Waals surface area contributed by atoms with Crippen LogP contribution < -0.4 is 16.0 Å². The van der Waals surface area contributed by atoms with E-state index in [4.69, 9.17) is 0 Å². The van der Waals surface area contributed by atoms with Gasteiger partial charge in [-0.25, -0.2) is 4.39 Å². The largest absolute Gasteiger partial charge is 0.352 e. The zero-order chi connectivity index (χ0) is 22.2. The molecule has 0 radical (unpaired) electrons. The van der Waals surface area contributed by atoms with Crippen LogP contribution >= 0.6 is 0 Å². The molecule has 1 saturated carbocycles. The average Bonchev–Trinajstić information content (AvgIpc) is 3.43. The number of hydrogen-bond acceptors (Lipinski definition) is 4. The molecule has 2 heterocycles. The molecule has 32 heavy (non-hydrogen) atoms. The molecular formula is C25H25FN4O2. The fourth-order valence-electron chi connectivity index (χ4n) is 5.26. The molecule has 3 N–H and O–H groups in total. The predicted molar refractivity (Wildman–Crippen MR) is 117 cm³/mol. The monoisotopic (exact) mass is 432 g/mol. The maximum Gasteiger partial charge on any atom is 0.251 e. The van der Waals surface area contributed by atoms with Crippen molar-refractivity contribution in [3.05, 3.63) is 58.9 Å². The topological polar surface area (TPSA) is 94.0 Å². The van der Waals surface area contributed by atoms with Crippen LogP contribution in [0.1, 0.15) is 40.7 Å². The molecule has 4 atom stereocenters. The van der Waals surface area contributed by atoms with Crippen molar-refractivity contribution in [3.8, 4) is 17.2 Å². The lowest BCUT2D eigenvalue weighted by molar-refractivity contribution is -0.124. The molecule has 2 amide bonds. The minimum absolute atomic E-state index is 0.0791. The number of carbonyl (C=O) groups is 2. The zero-order valence-corrected chi connectivity index (χ0v) is 17.7. The van der Waals surface area contributed by atoms with E-state index in [0.29, 0.717) is 35.2 Å². The maximum absolute atomic E-state index is 14.9. The lowest BCUT2D eigenvalue weighted by Gasteiger charge is -2.23. The number of piperidine rings is 1. The summed E-state index contributed by atoms with van der Waals surface area (Å²) in [5, 5.41) is 18.5. The summed E-state index contributed by atoms with van der Waals surface area (Å²) in [5.74, 6) is -0.327. The Morgan fingerprint density at radius 2 is 2.03 bits per heavy atom. The van der Waals surface area contributed by atoms with Gasteiger partial charge in [0.2, 0.25) is 5.91 Å². The highest BCUT2D eigenvalue weighted by molar-refractivity contribution is 5.97. The van der Waals surface area contributed by atoms with Gasteiger partial charge in [0.15, 0.2) is 0 Å². The van der Waals surface area contributed by atoms with Gasteiger partial charge in [0.25, 0.3) is 5.91 Å². The smallest absolute Gasteiger partial charge is 0.251 e. The van der Waals surface area contributed by atoms with Gasteiger partial charge in [0, 0.05) is 24.6 Å². The Hall–Kier alpha value is -3.24. The summed E-state index contributed by atoms with van der Waals surface area (Å²) in [6, 6.07) is 11.9. The zero-order valence-electron chi connectivity index (χ0n) is 17.7. The van der Waals surface area contributed by atoms with Gasteiger partial charge in [-0.15, -0.1) is 0 Å².